The zero-order valence-electron chi connectivity index (χ0n) is 12.1. The Morgan fingerprint density at radius 2 is 2.05 bits per heavy atom. The van der Waals surface area contributed by atoms with Gasteiger partial charge >= 0.3 is 0 Å². The van der Waals surface area contributed by atoms with Gasteiger partial charge in [0, 0.05) is 10.5 Å². The molecule has 4 heteroatoms. The molecule has 2 aromatic rings. The number of hydrogen-bond donors (Lipinski definition) is 1. The van der Waals surface area contributed by atoms with E-state index >= 15 is 0 Å². The number of benzene rings is 2. The van der Waals surface area contributed by atoms with Gasteiger partial charge in [-0.05, 0) is 48.7 Å². The Morgan fingerprint density at radius 3 is 2.71 bits per heavy atom. The Hall–Kier alpha value is -0.900. The minimum Gasteiger partial charge on any atom is -0.310 e. The van der Waals surface area contributed by atoms with Gasteiger partial charge in [0.2, 0.25) is 0 Å². The second kappa shape index (κ2) is 7.39. The van der Waals surface area contributed by atoms with E-state index in [0.29, 0.717) is 6.42 Å². The summed E-state index contributed by atoms with van der Waals surface area (Å²) < 4.78 is 14.7. The van der Waals surface area contributed by atoms with Crippen LogP contribution in [-0.4, -0.2) is 6.54 Å². The van der Waals surface area contributed by atoms with Gasteiger partial charge in [-0.2, -0.15) is 0 Å². The third-order valence-electron chi connectivity index (χ3n) is 3.50. The highest BCUT2D eigenvalue weighted by atomic mass is 79.9. The fourth-order valence-electron chi connectivity index (χ4n) is 2.31. The highest BCUT2D eigenvalue weighted by molar-refractivity contribution is 9.10. The lowest BCUT2D eigenvalue weighted by Crippen LogP contribution is -2.23. The van der Waals surface area contributed by atoms with Gasteiger partial charge in [-0.1, -0.05) is 58.7 Å². The normalized spacial score (nSPS) is 12.4. The van der Waals surface area contributed by atoms with Gasteiger partial charge in [0.05, 0.1) is 5.02 Å². The summed E-state index contributed by atoms with van der Waals surface area (Å²) >= 11 is 9.63. The maximum absolute atomic E-state index is 13.6. The first-order chi connectivity index (χ1) is 10.0. The molecule has 0 amide bonds. The SMILES string of the molecule is CCNC(Cc1cccc(F)c1Cl)c1ccc(C)c(Br)c1. The largest absolute Gasteiger partial charge is 0.310 e. The summed E-state index contributed by atoms with van der Waals surface area (Å²) in [6, 6.07) is 11.3. The van der Waals surface area contributed by atoms with E-state index in [4.69, 9.17) is 11.6 Å². The molecule has 0 heterocycles. The summed E-state index contributed by atoms with van der Waals surface area (Å²) in [5.41, 5.74) is 3.17. The van der Waals surface area contributed by atoms with Crippen molar-refractivity contribution < 1.29 is 4.39 Å². The fraction of sp³-hybridized carbons (Fsp3) is 0.294. The molecule has 1 N–H and O–H groups in total. The van der Waals surface area contributed by atoms with Gasteiger partial charge in [0.25, 0.3) is 0 Å². The maximum Gasteiger partial charge on any atom is 0.142 e. The first-order valence-electron chi connectivity index (χ1n) is 6.95. The number of halogens is 3. The monoisotopic (exact) mass is 369 g/mol. The molecule has 0 aliphatic carbocycles. The summed E-state index contributed by atoms with van der Waals surface area (Å²) in [6.45, 7) is 4.95. The number of likely N-dealkylation sites (N-methyl/N-ethyl adjacent to an activating group) is 1. The van der Waals surface area contributed by atoms with Crippen LogP contribution in [0.25, 0.3) is 0 Å². The maximum atomic E-state index is 13.6. The van der Waals surface area contributed by atoms with E-state index in [1.807, 2.05) is 6.07 Å². The van der Waals surface area contributed by atoms with E-state index in [0.717, 1.165) is 22.1 Å². The zero-order chi connectivity index (χ0) is 15.4. The van der Waals surface area contributed by atoms with E-state index in [9.17, 15) is 4.39 Å². The van der Waals surface area contributed by atoms with Gasteiger partial charge in [-0.15, -0.1) is 0 Å². The Labute approximate surface area is 138 Å². The molecule has 0 aromatic heterocycles. The first-order valence-corrected chi connectivity index (χ1v) is 8.12. The van der Waals surface area contributed by atoms with Gasteiger partial charge in [-0.25, -0.2) is 4.39 Å². The second-order valence-corrected chi connectivity index (χ2v) is 6.27. The van der Waals surface area contributed by atoms with Gasteiger partial charge in [0.1, 0.15) is 5.82 Å². The molecule has 0 fully saturated rings. The molecule has 0 saturated carbocycles. The second-order valence-electron chi connectivity index (χ2n) is 5.04. The van der Waals surface area contributed by atoms with E-state index in [2.05, 4.69) is 53.3 Å². The molecular weight excluding hydrogens is 353 g/mol. The van der Waals surface area contributed by atoms with Crippen molar-refractivity contribution in [2.45, 2.75) is 26.3 Å². The standard InChI is InChI=1S/C17H18BrClFN/c1-3-21-16(12-8-7-11(2)14(18)9-12)10-13-5-4-6-15(20)17(13)19/h4-9,16,21H,3,10H2,1-2H3. The number of hydrogen-bond acceptors (Lipinski definition) is 1. The molecule has 0 aliphatic heterocycles. The molecule has 21 heavy (non-hydrogen) atoms. The van der Waals surface area contributed by atoms with Crippen molar-refractivity contribution >= 4 is 27.5 Å². The van der Waals surface area contributed by atoms with E-state index in [1.54, 1.807) is 6.07 Å². The average Bonchev–Trinajstić information content (AvgIpc) is 2.46. The smallest absolute Gasteiger partial charge is 0.142 e. The highest BCUT2D eigenvalue weighted by Crippen LogP contribution is 2.28. The van der Waals surface area contributed by atoms with Crippen LogP contribution in [0.15, 0.2) is 40.9 Å². The van der Waals surface area contributed by atoms with Crippen molar-refractivity contribution in [3.63, 3.8) is 0 Å². The third-order valence-corrected chi connectivity index (χ3v) is 4.78. The van der Waals surface area contributed by atoms with Crippen LogP contribution in [0.5, 0.6) is 0 Å². The molecule has 1 unspecified atom stereocenters. The summed E-state index contributed by atoms with van der Waals surface area (Å²) in [7, 11) is 0. The minimum absolute atomic E-state index is 0.103. The summed E-state index contributed by atoms with van der Waals surface area (Å²) in [5.74, 6) is -0.366. The van der Waals surface area contributed by atoms with Crippen molar-refractivity contribution in [3.05, 3.63) is 68.4 Å². The number of rotatable bonds is 5. The molecule has 0 saturated heterocycles. The first kappa shape index (κ1) is 16.5. The van der Waals surface area contributed by atoms with Crippen LogP contribution < -0.4 is 5.32 Å². The molecule has 2 aromatic carbocycles. The molecule has 2 rings (SSSR count). The van der Waals surface area contributed by atoms with Crippen LogP contribution >= 0.6 is 27.5 Å². The molecular formula is C17H18BrClFN. The molecule has 0 spiro atoms. The molecule has 0 radical (unpaired) electrons. The van der Waals surface area contributed by atoms with Crippen LogP contribution in [0.4, 0.5) is 4.39 Å². The van der Waals surface area contributed by atoms with Crippen molar-refractivity contribution in [1.82, 2.24) is 5.32 Å². The molecule has 1 nitrogen and oxygen atoms in total. The quantitative estimate of drug-likeness (QED) is 0.738. The Bertz CT molecular complexity index is 630. The van der Waals surface area contributed by atoms with E-state index in [-0.39, 0.29) is 16.9 Å². The zero-order valence-corrected chi connectivity index (χ0v) is 14.4. The molecule has 0 aliphatic rings. The predicted octanol–water partition coefficient (Wildman–Crippen LogP) is 5.44. The lowest BCUT2D eigenvalue weighted by molar-refractivity contribution is 0.546. The summed E-state index contributed by atoms with van der Waals surface area (Å²) in [4.78, 5) is 0. The molecule has 112 valence electrons. The lowest BCUT2D eigenvalue weighted by Gasteiger charge is -2.20. The number of nitrogens with one attached hydrogen (secondary N) is 1. The summed E-state index contributed by atoms with van der Waals surface area (Å²) in [6.07, 6.45) is 0.653. The van der Waals surface area contributed by atoms with Crippen LogP contribution in [0.3, 0.4) is 0 Å². The van der Waals surface area contributed by atoms with Crippen LogP contribution in [0.1, 0.15) is 29.7 Å². The van der Waals surface area contributed by atoms with Crippen LogP contribution in [0, 0.1) is 12.7 Å². The lowest BCUT2D eigenvalue weighted by atomic mass is 9.98. The van der Waals surface area contributed by atoms with Crippen molar-refractivity contribution in [1.29, 1.82) is 0 Å². The van der Waals surface area contributed by atoms with Crippen LogP contribution in [0.2, 0.25) is 5.02 Å². The van der Waals surface area contributed by atoms with Gasteiger partial charge in [0.15, 0.2) is 0 Å². The van der Waals surface area contributed by atoms with Crippen molar-refractivity contribution in [2.75, 3.05) is 6.54 Å². The Balaban J connectivity index is 2.30. The average molecular weight is 371 g/mol. The fourth-order valence-corrected chi connectivity index (χ4v) is 2.91. The third kappa shape index (κ3) is 4.06. The van der Waals surface area contributed by atoms with Gasteiger partial charge < -0.3 is 5.32 Å². The number of aryl methyl sites for hydroxylation is 1. The highest BCUT2D eigenvalue weighted by Gasteiger charge is 2.15. The summed E-state index contributed by atoms with van der Waals surface area (Å²) in [5, 5.41) is 3.65. The topological polar surface area (TPSA) is 12.0 Å². The predicted molar refractivity (Wildman–Crippen MR) is 90.4 cm³/mol. The van der Waals surface area contributed by atoms with Gasteiger partial charge in [-0.3, -0.25) is 0 Å². The molecule has 1 atom stereocenters. The minimum atomic E-state index is -0.366. The van der Waals surface area contributed by atoms with Crippen molar-refractivity contribution in [2.24, 2.45) is 0 Å². The van der Waals surface area contributed by atoms with E-state index in [1.165, 1.54) is 11.6 Å². The Kier molecular flexibility index (Phi) is 5.80. The van der Waals surface area contributed by atoms with Crippen LogP contribution in [-0.2, 0) is 6.42 Å². The molecule has 0 bridgehead atoms. The van der Waals surface area contributed by atoms with Crippen molar-refractivity contribution in [3.8, 4) is 0 Å². The van der Waals surface area contributed by atoms with E-state index < -0.39 is 0 Å². The Morgan fingerprint density at radius 1 is 1.29 bits per heavy atom.